The fraction of sp³-hybridized carbons (Fsp3) is 0. The third-order valence-electron chi connectivity index (χ3n) is 1.41. The predicted octanol–water partition coefficient (Wildman–Crippen LogP) is -0.711. The zero-order valence-corrected chi connectivity index (χ0v) is 5.64. The van der Waals surface area contributed by atoms with Crippen LogP contribution in [0.1, 0.15) is 0 Å². The van der Waals surface area contributed by atoms with Crippen molar-refractivity contribution >= 4 is 5.52 Å². The summed E-state index contributed by atoms with van der Waals surface area (Å²) in [4.78, 5) is 3.52. The second-order valence-electron chi connectivity index (χ2n) is 2.10. The molecule has 0 aromatic carbocycles. The van der Waals surface area contributed by atoms with E-state index in [1.54, 1.807) is 24.4 Å². The van der Waals surface area contributed by atoms with Crippen molar-refractivity contribution in [2.45, 2.75) is 0 Å². The molecule has 4 nitrogen and oxygen atoms in total. The van der Waals surface area contributed by atoms with Crippen LogP contribution in [0.3, 0.4) is 0 Å². The van der Waals surface area contributed by atoms with Gasteiger partial charge in [0.1, 0.15) is 0 Å². The van der Waals surface area contributed by atoms with E-state index in [0.29, 0.717) is 5.52 Å². The van der Waals surface area contributed by atoms with Crippen LogP contribution in [0.2, 0.25) is 0 Å². The molecule has 54 valence electrons. The number of fused-ring (bicyclic) bond motifs is 1. The molecule has 0 fully saturated rings. The average Bonchev–Trinajstić information content (AvgIpc) is 2.06. The maximum atomic E-state index is 11.0. The molecule has 2 aromatic heterocycles. The van der Waals surface area contributed by atoms with Gasteiger partial charge in [-0.2, -0.15) is 0 Å². The average molecular weight is 147 g/mol. The van der Waals surface area contributed by atoms with Crippen molar-refractivity contribution < 1.29 is 9.62 Å². The van der Waals surface area contributed by atoms with Gasteiger partial charge in [0.15, 0.2) is 6.33 Å². The standard InChI is InChI=1S/C7H5N3O/c11-7-6-3-1-2-4-10(6)9-5-8-7/h1-5H. The Kier molecular flexibility index (Phi) is 1.18. The normalized spacial score (nSPS) is 10.2. The number of pyridine rings is 1. The second-order valence-corrected chi connectivity index (χ2v) is 2.10. The van der Waals surface area contributed by atoms with Crippen LogP contribution >= 0.6 is 0 Å². The third-order valence-corrected chi connectivity index (χ3v) is 1.41. The molecular formula is C7H5N3O. The number of nitrogens with zero attached hydrogens (tertiary/aromatic N) is 3. The van der Waals surface area contributed by atoms with E-state index in [9.17, 15) is 5.11 Å². The topological polar surface area (TPSA) is 52.9 Å². The second kappa shape index (κ2) is 2.16. The van der Waals surface area contributed by atoms with E-state index < -0.39 is 0 Å². The van der Waals surface area contributed by atoms with Gasteiger partial charge in [-0.25, -0.2) is 4.98 Å². The molecule has 2 heterocycles. The van der Waals surface area contributed by atoms with Crippen LogP contribution in [0.4, 0.5) is 0 Å². The first-order chi connectivity index (χ1) is 5.38. The molecular weight excluding hydrogens is 142 g/mol. The molecule has 0 radical (unpaired) electrons. The molecule has 0 saturated heterocycles. The Hall–Kier alpha value is -1.71. The molecule has 0 N–H and O–H groups in total. The minimum Gasteiger partial charge on any atom is -0.854 e. The van der Waals surface area contributed by atoms with E-state index in [1.165, 1.54) is 10.8 Å². The molecule has 0 spiro atoms. The molecule has 0 atom stereocenters. The lowest BCUT2D eigenvalue weighted by atomic mass is 10.4. The van der Waals surface area contributed by atoms with Gasteiger partial charge in [-0.05, 0) is 6.07 Å². The Bertz CT molecular complexity index is 383. The minimum absolute atomic E-state index is 0.249. The van der Waals surface area contributed by atoms with Crippen molar-refractivity contribution in [2.75, 3.05) is 0 Å². The van der Waals surface area contributed by atoms with E-state index in [1.807, 2.05) is 0 Å². The number of rotatable bonds is 0. The summed E-state index contributed by atoms with van der Waals surface area (Å²) in [5.41, 5.74) is 0.495. The first kappa shape index (κ1) is 6.03. The highest BCUT2D eigenvalue weighted by Gasteiger charge is 2.00. The molecule has 4 heteroatoms. The lowest BCUT2D eigenvalue weighted by Gasteiger charge is -1.98. The number of aromatic nitrogens is 3. The molecule has 0 aliphatic carbocycles. The summed E-state index contributed by atoms with van der Waals surface area (Å²) in [6.45, 7) is 0. The van der Waals surface area contributed by atoms with Crippen LogP contribution in [0.5, 0.6) is 5.88 Å². The van der Waals surface area contributed by atoms with Crippen molar-refractivity contribution in [1.82, 2.24) is 10.1 Å². The maximum absolute atomic E-state index is 11.0. The first-order valence-electron chi connectivity index (χ1n) is 3.16. The zero-order chi connectivity index (χ0) is 7.68. The molecule has 0 aliphatic heterocycles. The van der Waals surface area contributed by atoms with E-state index >= 15 is 0 Å². The highest BCUT2D eigenvalue weighted by molar-refractivity contribution is 5.46. The van der Waals surface area contributed by atoms with Crippen LogP contribution in [0, 0.1) is 0 Å². The summed E-state index contributed by atoms with van der Waals surface area (Å²) in [7, 11) is 0. The lowest BCUT2D eigenvalue weighted by molar-refractivity contribution is -0.584. The largest absolute Gasteiger partial charge is 0.854 e. The Balaban J connectivity index is 2.91. The summed E-state index contributed by atoms with van der Waals surface area (Å²) < 4.78 is 1.50. The van der Waals surface area contributed by atoms with Crippen LogP contribution in [0.15, 0.2) is 30.7 Å². The van der Waals surface area contributed by atoms with E-state index in [-0.39, 0.29) is 5.88 Å². The van der Waals surface area contributed by atoms with Gasteiger partial charge in [0.25, 0.3) is 0 Å². The van der Waals surface area contributed by atoms with Crippen molar-refractivity contribution in [3.8, 4) is 5.88 Å². The molecule has 0 aliphatic rings. The summed E-state index contributed by atoms with van der Waals surface area (Å²) in [5.74, 6) is -0.249. The Morgan fingerprint density at radius 1 is 1.36 bits per heavy atom. The van der Waals surface area contributed by atoms with Gasteiger partial charge in [0.2, 0.25) is 11.7 Å². The van der Waals surface area contributed by atoms with Gasteiger partial charge in [0.05, 0.1) is 5.88 Å². The monoisotopic (exact) mass is 147 g/mol. The van der Waals surface area contributed by atoms with Crippen molar-refractivity contribution in [3.63, 3.8) is 0 Å². The van der Waals surface area contributed by atoms with Crippen molar-refractivity contribution in [1.29, 1.82) is 0 Å². The quantitative estimate of drug-likeness (QED) is 0.462. The predicted molar refractivity (Wildman–Crippen MR) is 34.6 cm³/mol. The smallest absolute Gasteiger partial charge is 0.248 e. The fourth-order valence-corrected chi connectivity index (χ4v) is 0.905. The highest BCUT2D eigenvalue weighted by Crippen LogP contribution is 2.01. The first-order valence-corrected chi connectivity index (χ1v) is 3.16. The zero-order valence-electron chi connectivity index (χ0n) is 5.64. The highest BCUT2D eigenvalue weighted by atomic mass is 16.3. The SMILES string of the molecule is [O-]c1ncn[n+]2ccccc12. The van der Waals surface area contributed by atoms with Gasteiger partial charge >= 0.3 is 0 Å². The summed E-state index contributed by atoms with van der Waals surface area (Å²) >= 11 is 0. The molecule has 2 aromatic rings. The number of hydrogen-bond donors (Lipinski definition) is 0. The summed E-state index contributed by atoms with van der Waals surface area (Å²) in [6, 6.07) is 5.27. The molecule has 2 rings (SSSR count). The molecule has 11 heavy (non-hydrogen) atoms. The number of hydrogen-bond acceptors (Lipinski definition) is 3. The minimum atomic E-state index is -0.249. The summed E-state index contributed by atoms with van der Waals surface area (Å²) in [6.07, 6.45) is 2.95. The van der Waals surface area contributed by atoms with Gasteiger partial charge in [-0.15, -0.1) is 0 Å². The van der Waals surface area contributed by atoms with Crippen molar-refractivity contribution in [3.05, 3.63) is 30.7 Å². The Morgan fingerprint density at radius 3 is 3.09 bits per heavy atom. The molecule has 0 bridgehead atoms. The molecule has 0 saturated carbocycles. The maximum Gasteiger partial charge on any atom is 0.248 e. The van der Waals surface area contributed by atoms with Gasteiger partial charge in [-0.3, -0.25) is 0 Å². The summed E-state index contributed by atoms with van der Waals surface area (Å²) in [5, 5.41) is 14.9. The third kappa shape index (κ3) is 0.881. The van der Waals surface area contributed by atoms with Crippen molar-refractivity contribution in [2.24, 2.45) is 0 Å². The molecule has 0 amide bonds. The van der Waals surface area contributed by atoms with E-state index in [2.05, 4.69) is 10.1 Å². The van der Waals surface area contributed by atoms with Crippen LogP contribution in [0.25, 0.3) is 5.52 Å². The van der Waals surface area contributed by atoms with Crippen LogP contribution in [-0.4, -0.2) is 10.1 Å². The van der Waals surface area contributed by atoms with Gasteiger partial charge in [-0.1, -0.05) is 4.52 Å². The lowest BCUT2D eigenvalue weighted by Crippen LogP contribution is -2.27. The fourth-order valence-electron chi connectivity index (χ4n) is 0.905. The Morgan fingerprint density at radius 2 is 2.27 bits per heavy atom. The van der Waals surface area contributed by atoms with E-state index in [4.69, 9.17) is 0 Å². The Labute approximate surface area is 62.8 Å². The van der Waals surface area contributed by atoms with E-state index in [0.717, 1.165) is 0 Å². The van der Waals surface area contributed by atoms with Gasteiger partial charge < -0.3 is 5.11 Å². The van der Waals surface area contributed by atoms with Crippen LogP contribution in [-0.2, 0) is 0 Å². The molecule has 0 unspecified atom stereocenters. The van der Waals surface area contributed by atoms with Gasteiger partial charge in [0, 0.05) is 17.2 Å². The van der Waals surface area contributed by atoms with Crippen LogP contribution < -0.4 is 9.62 Å².